The number of hydrogen-bond acceptors (Lipinski definition) is 4. The Labute approximate surface area is 150 Å². The molecular formula is C20H29N3O2. The molecule has 0 aliphatic rings. The maximum absolute atomic E-state index is 12.1. The summed E-state index contributed by atoms with van der Waals surface area (Å²) in [5, 5.41) is 2.90. The standard InChI is InChI=1S/C20H29N3O2/c1-2-3-4-5-6-7-8-11-14-22-19(24)18-15-25-20(23-18)16-12-9-10-13-17(16)21/h9-10,12-13,15H,2-8,11,14,21H2,1H3,(H,22,24). The number of nitrogens with one attached hydrogen (secondary N) is 1. The molecule has 1 heterocycles. The van der Waals surface area contributed by atoms with Gasteiger partial charge in [-0.1, -0.05) is 64.0 Å². The van der Waals surface area contributed by atoms with Crippen LogP contribution in [0.5, 0.6) is 0 Å². The first-order chi connectivity index (χ1) is 12.2. The summed E-state index contributed by atoms with van der Waals surface area (Å²) in [6.07, 6.45) is 11.3. The lowest BCUT2D eigenvalue weighted by Crippen LogP contribution is -2.24. The van der Waals surface area contributed by atoms with Crippen LogP contribution in [0.2, 0.25) is 0 Å². The van der Waals surface area contributed by atoms with Gasteiger partial charge in [0.15, 0.2) is 5.69 Å². The summed E-state index contributed by atoms with van der Waals surface area (Å²) in [7, 11) is 0. The van der Waals surface area contributed by atoms with Crippen molar-refractivity contribution in [3.63, 3.8) is 0 Å². The zero-order valence-electron chi connectivity index (χ0n) is 15.1. The SMILES string of the molecule is CCCCCCCCCCNC(=O)c1coc(-c2ccccc2N)n1. The average molecular weight is 343 g/mol. The smallest absolute Gasteiger partial charge is 0.273 e. The van der Waals surface area contributed by atoms with Crippen molar-refractivity contribution in [3.8, 4) is 11.5 Å². The Morgan fingerprint density at radius 1 is 1.08 bits per heavy atom. The lowest BCUT2D eigenvalue weighted by molar-refractivity contribution is 0.0948. The molecule has 5 heteroatoms. The molecule has 3 N–H and O–H groups in total. The summed E-state index contributed by atoms with van der Waals surface area (Å²) in [4.78, 5) is 16.4. The summed E-state index contributed by atoms with van der Waals surface area (Å²) in [5.74, 6) is 0.169. The number of para-hydroxylation sites is 1. The second-order valence-electron chi connectivity index (χ2n) is 6.36. The Balaban J connectivity index is 1.67. The van der Waals surface area contributed by atoms with Crippen molar-refractivity contribution in [3.05, 3.63) is 36.2 Å². The van der Waals surface area contributed by atoms with E-state index >= 15 is 0 Å². The van der Waals surface area contributed by atoms with Crippen LogP contribution < -0.4 is 11.1 Å². The molecule has 0 radical (unpaired) electrons. The molecule has 25 heavy (non-hydrogen) atoms. The molecule has 0 fully saturated rings. The molecule has 2 aromatic rings. The van der Waals surface area contributed by atoms with Gasteiger partial charge < -0.3 is 15.5 Å². The van der Waals surface area contributed by atoms with Crippen molar-refractivity contribution >= 4 is 11.6 Å². The lowest BCUT2D eigenvalue weighted by Gasteiger charge is -2.03. The first kappa shape index (κ1) is 19.0. The summed E-state index contributed by atoms with van der Waals surface area (Å²) < 4.78 is 5.39. The number of hydrogen-bond donors (Lipinski definition) is 2. The van der Waals surface area contributed by atoms with Crippen LogP contribution in [0.3, 0.4) is 0 Å². The number of aromatic nitrogens is 1. The van der Waals surface area contributed by atoms with Gasteiger partial charge in [0.25, 0.3) is 5.91 Å². The van der Waals surface area contributed by atoms with Gasteiger partial charge in [0, 0.05) is 12.2 Å². The fourth-order valence-corrected chi connectivity index (χ4v) is 2.74. The van der Waals surface area contributed by atoms with E-state index in [9.17, 15) is 4.79 Å². The largest absolute Gasteiger partial charge is 0.444 e. The van der Waals surface area contributed by atoms with E-state index in [1.165, 1.54) is 44.8 Å². The quantitative estimate of drug-likeness (QED) is 0.454. The number of unbranched alkanes of at least 4 members (excludes halogenated alkanes) is 7. The number of anilines is 1. The number of nitrogen functional groups attached to an aromatic ring is 1. The van der Waals surface area contributed by atoms with Gasteiger partial charge >= 0.3 is 0 Å². The van der Waals surface area contributed by atoms with Crippen LogP contribution in [0.25, 0.3) is 11.5 Å². The van der Waals surface area contributed by atoms with Gasteiger partial charge in [-0.05, 0) is 18.6 Å². The van der Waals surface area contributed by atoms with Crippen LogP contribution >= 0.6 is 0 Å². The zero-order valence-corrected chi connectivity index (χ0v) is 15.1. The van der Waals surface area contributed by atoms with Gasteiger partial charge in [-0.25, -0.2) is 4.98 Å². The van der Waals surface area contributed by atoms with Crippen molar-refractivity contribution in [2.24, 2.45) is 0 Å². The summed E-state index contributed by atoms with van der Waals surface area (Å²) >= 11 is 0. The molecule has 0 atom stereocenters. The Bertz CT molecular complexity index is 652. The number of rotatable bonds is 11. The third-order valence-corrected chi connectivity index (χ3v) is 4.24. The predicted molar refractivity (Wildman–Crippen MR) is 101 cm³/mol. The normalized spacial score (nSPS) is 10.8. The van der Waals surface area contributed by atoms with Crippen LogP contribution in [0, 0.1) is 0 Å². The second-order valence-corrected chi connectivity index (χ2v) is 6.36. The van der Waals surface area contributed by atoms with E-state index in [0.29, 0.717) is 23.7 Å². The Hall–Kier alpha value is -2.30. The highest BCUT2D eigenvalue weighted by atomic mass is 16.3. The van der Waals surface area contributed by atoms with E-state index in [4.69, 9.17) is 10.2 Å². The van der Waals surface area contributed by atoms with Crippen molar-refractivity contribution in [1.29, 1.82) is 0 Å². The Morgan fingerprint density at radius 2 is 1.76 bits per heavy atom. The minimum Gasteiger partial charge on any atom is -0.444 e. The second kappa shape index (κ2) is 10.5. The highest BCUT2D eigenvalue weighted by Crippen LogP contribution is 2.24. The van der Waals surface area contributed by atoms with Crippen molar-refractivity contribution < 1.29 is 9.21 Å². The summed E-state index contributed by atoms with van der Waals surface area (Å²) in [5.41, 5.74) is 7.47. The minimum absolute atomic E-state index is 0.201. The highest BCUT2D eigenvalue weighted by Gasteiger charge is 2.14. The molecule has 0 saturated heterocycles. The number of carbonyl (C=O) groups excluding carboxylic acids is 1. The molecule has 5 nitrogen and oxygen atoms in total. The molecule has 2 rings (SSSR count). The fraction of sp³-hybridized carbons (Fsp3) is 0.500. The van der Waals surface area contributed by atoms with Crippen LogP contribution in [0.15, 0.2) is 34.9 Å². The van der Waals surface area contributed by atoms with Gasteiger partial charge in [-0.2, -0.15) is 0 Å². The van der Waals surface area contributed by atoms with Gasteiger partial charge in [-0.15, -0.1) is 0 Å². The number of nitrogens with zero attached hydrogens (tertiary/aromatic N) is 1. The van der Waals surface area contributed by atoms with Crippen LogP contribution in [0.1, 0.15) is 68.8 Å². The molecule has 1 aromatic heterocycles. The van der Waals surface area contributed by atoms with Crippen molar-refractivity contribution in [1.82, 2.24) is 10.3 Å². The number of oxazole rings is 1. The van der Waals surface area contributed by atoms with Crippen LogP contribution in [0.4, 0.5) is 5.69 Å². The molecule has 1 aromatic carbocycles. The monoisotopic (exact) mass is 343 g/mol. The molecule has 1 amide bonds. The Morgan fingerprint density at radius 3 is 2.48 bits per heavy atom. The van der Waals surface area contributed by atoms with Crippen LogP contribution in [-0.4, -0.2) is 17.4 Å². The highest BCUT2D eigenvalue weighted by molar-refractivity contribution is 5.92. The van der Waals surface area contributed by atoms with E-state index in [-0.39, 0.29) is 11.6 Å². The van der Waals surface area contributed by atoms with Gasteiger partial charge in [-0.3, -0.25) is 4.79 Å². The number of amides is 1. The Kier molecular flexibility index (Phi) is 8.02. The van der Waals surface area contributed by atoms with Crippen molar-refractivity contribution in [2.75, 3.05) is 12.3 Å². The zero-order chi connectivity index (χ0) is 17.9. The van der Waals surface area contributed by atoms with Crippen molar-refractivity contribution in [2.45, 2.75) is 58.3 Å². The van der Waals surface area contributed by atoms with Crippen LogP contribution in [-0.2, 0) is 0 Å². The molecular weight excluding hydrogens is 314 g/mol. The van der Waals surface area contributed by atoms with E-state index in [1.807, 2.05) is 18.2 Å². The molecule has 0 aliphatic carbocycles. The summed E-state index contributed by atoms with van der Waals surface area (Å²) in [6, 6.07) is 7.31. The summed E-state index contributed by atoms with van der Waals surface area (Å²) in [6.45, 7) is 2.90. The first-order valence-corrected chi connectivity index (χ1v) is 9.31. The molecule has 0 bridgehead atoms. The predicted octanol–water partition coefficient (Wildman–Crippen LogP) is 4.79. The topological polar surface area (TPSA) is 81.2 Å². The number of carbonyl (C=O) groups is 1. The number of benzene rings is 1. The van der Waals surface area contributed by atoms with Gasteiger partial charge in [0.2, 0.25) is 5.89 Å². The molecule has 0 unspecified atom stereocenters. The average Bonchev–Trinajstić information content (AvgIpc) is 3.10. The maximum atomic E-state index is 12.1. The number of nitrogens with two attached hydrogens (primary N) is 1. The minimum atomic E-state index is -0.201. The fourth-order valence-electron chi connectivity index (χ4n) is 2.74. The maximum Gasteiger partial charge on any atom is 0.273 e. The first-order valence-electron chi connectivity index (χ1n) is 9.31. The molecule has 0 aliphatic heterocycles. The molecule has 0 saturated carbocycles. The van der Waals surface area contributed by atoms with E-state index in [2.05, 4.69) is 17.2 Å². The third kappa shape index (κ3) is 6.25. The third-order valence-electron chi connectivity index (χ3n) is 4.24. The van der Waals surface area contributed by atoms with E-state index in [1.54, 1.807) is 6.07 Å². The van der Waals surface area contributed by atoms with Gasteiger partial charge in [0.1, 0.15) is 6.26 Å². The molecule has 0 spiro atoms. The van der Waals surface area contributed by atoms with E-state index < -0.39 is 0 Å². The van der Waals surface area contributed by atoms with E-state index in [0.717, 1.165) is 12.8 Å². The lowest BCUT2D eigenvalue weighted by atomic mass is 10.1. The molecule has 136 valence electrons. The van der Waals surface area contributed by atoms with Gasteiger partial charge in [0.05, 0.1) is 5.56 Å².